The molecule has 0 saturated carbocycles. The lowest BCUT2D eigenvalue weighted by Crippen LogP contribution is -2.31. The first-order valence-corrected chi connectivity index (χ1v) is 10.9. The molecule has 0 amide bonds. The molecule has 0 aliphatic rings. The standard InChI is InChI=1S/C14H32O8P2/c1-9-20-23(15,16)14(7,8)19-11-10-13(5,6)22-24(17,18)21-12(2,3)4/h9-11H2,1-8H3,(H,15,16)(H,17,18). The molecular formula is C14H32O8P2. The molecule has 0 bridgehead atoms. The minimum atomic E-state index is -4.24. The average molecular weight is 390 g/mol. The molecule has 2 unspecified atom stereocenters. The summed E-state index contributed by atoms with van der Waals surface area (Å²) in [6.45, 7) is 12.8. The number of phosphoric acid groups is 1. The Labute approximate surface area is 145 Å². The summed E-state index contributed by atoms with van der Waals surface area (Å²) >= 11 is 0. The van der Waals surface area contributed by atoms with Crippen molar-refractivity contribution in [2.45, 2.75) is 78.4 Å². The maximum Gasteiger partial charge on any atom is 0.473 e. The Hall–Kier alpha value is 0.220. The topological polar surface area (TPSA) is 112 Å². The van der Waals surface area contributed by atoms with Crippen LogP contribution in [0.25, 0.3) is 0 Å². The van der Waals surface area contributed by atoms with E-state index in [1.54, 1.807) is 41.5 Å². The number of phosphoric ester groups is 1. The van der Waals surface area contributed by atoms with Crippen LogP contribution in [0.2, 0.25) is 0 Å². The normalized spacial score (nSPS) is 18.9. The Bertz CT molecular complexity index is 495. The molecule has 2 atom stereocenters. The van der Waals surface area contributed by atoms with Gasteiger partial charge in [0.25, 0.3) is 0 Å². The van der Waals surface area contributed by atoms with Gasteiger partial charge in [-0.2, -0.15) is 0 Å². The Morgan fingerprint density at radius 2 is 1.42 bits per heavy atom. The highest BCUT2D eigenvalue weighted by atomic mass is 31.2. The van der Waals surface area contributed by atoms with Gasteiger partial charge in [-0.1, -0.05) is 0 Å². The van der Waals surface area contributed by atoms with E-state index in [1.165, 1.54) is 13.8 Å². The molecule has 0 radical (unpaired) electrons. The highest BCUT2D eigenvalue weighted by molar-refractivity contribution is 7.54. The molecule has 8 nitrogen and oxygen atoms in total. The summed E-state index contributed by atoms with van der Waals surface area (Å²) in [6, 6.07) is 0. The first-order valence-electron chi connectivity index (χ1n) is 7.79. The minimum absolute atomic E-state index is 0.0349. The fraction of sp³-hybridized carbons (Fsp3) is 1.00. The van der Waals surface area contributed by atoms with Crippen LogP contribution >= 0.6 is 15.4 Å². The van der Waals surface area contributed by atoms with E-state index in [0.717, 1.165) is 0 Å². The van der Waals surface area contributed by atoms with Gasteiger partial charge in [0, 0.05) is 0 Å². The summed E-state index contributed by atoms with van der Waals surface area (Å²) in [5, 5.41) is -1.40. The molecule has 146 valence electrons. The summed E-state index contributed by atoms with van der Waals surface area (Å²) in [5.41, 5.74) is -1.86. The second kappa shape index (κ2) is 8.28. The van der Waals surface area contributed by atoms with Gasteiger partial charge in [-0.05, 0) is 61.8 Å². The summed E-state index contributed by atoms with van der Waals surface area (Å²) in [7, 11) is -8.18. The summed E-state index contributed by atoms with van der Waals surface area (Å²) in [5.74, 6) is 0. The van der Waals surface area contributed by atoms with Crippen molar-refractivity contribution in [1.29, 1.82) is 0 Å². The Morgan fingerprint density at radius 3 is 1.83 bits per heavy atom. The molecule has 0 saturated heterocycles. The maximum absolute atomic E-state index is 12.0. The van der Waals surface area contributed by atoms with E-state index in [9.17, 15) is 18.9 Å². The van der Waals surface area contributed by atoms with Gasteiger partial charge in [-0.15, -0.1) is 0 Å². The van der Waals surface area contributed by atoms with Crippen molar-refractivity contribution in [2.75, 3.05) is 13.2 Å². The van der Waals surface area contributed by atoms with Gasteiger partial charge < -0.3 is 19.0 Å². The van der Waals surface area contributed by atoms with E-state index in [-0.39, 0.29) is 19.6 Å². The number of ether oxygens (including phenoxy) is 1. The lowest BCUT2D eigenvalue weighted by molar-refractivity contribution is -0.0304. The molecule has 0 heterocycles. The van der Waals surface area contributed by atoms with E-state index in [0.29, 0.717) is 0 Å². The molecule has 0 fully saturated rings. The van der Waals surface area contributed by atoms with E-state index in [1.807, 2.05) is 0 Å². The minimum Gasteiger partial charge on any atom is -0.363 e. The summed E-state index contributed by atoms with van der Waals surface area (Å²) in [6.07, 6.45) is 0.209. The van der Waals surface area contributed by atoms with Crippen molar-refractivity contribution in [2.24, 2.45) is 0 Å². The highest BCUT2D eigenvalue weighted by Gasteiger charge is 2.42. The van der Waals surface area contributed by atoms with Crippen LogP contribution < -0.4 is 0 Å². The molecule has 0 aliphatic carbocycles. The van der Waals surface area contributed by atoms with Crippen LogP contribution in [-0.2, 0) is 27.4 Å². The highest BCUT2D eigenvalue weighted by Crippen LogP contribution is 2.56. The van der Waals surface area contributed by atoms with Crippen LogP contribution in [-0.4, -0.2) is 39.5 Å². The molecule has 10 heteroatoms. The van der Waals surface area contributed by atoms with Gasteiger partial charge in [0.05, 0.1) is 24.4 Å². The zero-order chi connectivity index (χ0) is 19.4. The molecule has 0 aromatic rings. The fourth-order valence-electron chi connectivity index (χ4n) is 1.68. The predicted octanol–water partition coefficient (Wildman–Crippen LogP) is 4.06. The Morgan fingerprint density at radius 1 is 0.917 bits per heavy atom. The monoisotopic (exact) mass is 390 g/mol. The maximum atomic E-state index is 12.0. The first kappa shape index (κ1) is 24.2. The smallest absolute Gasteiger partial charge is 0.363 e. The zero-order valence-corrected chi connectivity index (χ0v) is 17.6. The number of rotatable bonds is 10. The van der Waals surface area contributed by atoms with E-state index < -0.39 is 32.0 Å². The fourth-order valence-corrected chi connectivity index (χ4v) is 4.04. The van der Waals surface area contributed by atoms with Crippen LogP contribution in [0.4, 0.5) is 0 Å². The third-order valence-corrected chi connectivity index (χ3v) is 6.50. The average Bonchev–Trinajstić information content (AvgIpc) is 2.21. The summed E-state index contributed by atoms with van der Waals surface area (Å²) < 4.78 is 44.6. The second-order valence-corrected chi connectivity index (χ2v) is 11.2. The van der Waals surface area contributed by atoms with Gasteiger partial charge in [-0.25, -0.2) is 4.57 Å². The molecule has 0 aliphatic heterocycles. The Kier molecular flexibility index (Phi) is 8.35. The van der Waals surface area contributed by atoms with Crippen LogP contribution in [0.5, 0.6) is 0 Å². The van der Waals surface area contributed by atoms with Crippen molar-refractivity contribution >= 4 is 15.4 Å². The van der Waals surface area contributed by atoms with Crippen molar-refractivity contribution in [3.63, 3.8) is 0 Å². The van der Waals surface area contributed by atoms with E-state index in [2.05, 4.69) is 0 Å². The second-order valence-electron chi connectivity index (χ2n) is 7.51. The molecule has 0 rings (SSSR count). The van der Waals surface area contributed by atoms with Crippen LogP contribution in [0.1, 0.15) is 61.8 Å². The summed E-state index contributed by atoms with van der Waals surface area (Å²) in [4.78, 5) is 19.7. The van der Waals surface area contributed by atoms with Crippen molar-refractivity contribution < 1.29 is 37.2 Å². The lowest BCUT2D eigenvalue weighted by atomic mass is 10.1. The molecular weight excluding hydrogens is 358 g/mol. The molecule has 0 spiro atoms. The predicted molar refractivity (Wildman–Crippen MR) is 91.9 cm³/mol. The van der Waals surface area contributed by atoms with Crippen LogP contribution in [0.3, 0.4) is 0 Å². The third kappa shape index (κ3) is 9.07. The molecule has 24 heavy (non-hydrogen) atoms. The van der Waals surface area contributed by atoms with Crippen LogP contribution in [0.15, 0.2) is 0 Å². The van der Waals surface area contributed by atoms with Gasteiger partial charge in [-0.3, -0.25) is 13.6 Å². The van der Waals surface area contributed by atoms with Gasteiger partial charge in [0.2, 0.25) is 0 Å². The first-order chi connectivity index (χ1) is 10.4. The number of hydrogen-bond donors (Lipinski definition) is 2. The largest absolute Gasteiger partial charge is 0.473 e. The van der Waals surface area contributed by atoms with Gasteiger partial charge in [0.15, 0.2) is 5.34 Å². The molecule has 0 aromatic carbocycles. The number of hydrogen-bond acceptors (Lipinski definition) is 6. The quantitative estimate of drug-likeness (QED) is 0.537. The van der Waals surface area contributed by atoms with Crippen molar-refractivity contribution in [3.05, 3.63) is 0 Å². The lowest BCUT2D eigenvalue weighted by Gasteiger charge is -2.33. The zero-order valence-electron chi connectivity index (χ0n) is 15.9. The van der Waals surface area contributed by atoms with Crippen LogP contribution in [0, 0.1) is 0 Å². The van der Waals surface area contributed by atoms with E-state index >= 15 is 0 Å². The third-order valence-electron chi connectivity index (χ3n) is 2.90. The molecule has 0 aromatic heterocycles. The van der Waals surface area contributed by atoms with Crippen molar-refractivity contribution in [1.82, 2.24) is 0 Å². The van der Waals surface area contributed by atoms with Gasteiger partial charge in [0.1, 0.15) is 0 Å². The van der Waals surface area contributed by atoms with Crippen molar-refractivity contribution in [3.8, 4) is 0 Å². The van der Waals surface area contributed by atoms with Gasteiger partial charge >= 0.3 is 15.4 Å². The SMILES string of the molecule is CCOP(=O)(O)C(C)(C)OCCC(C)(C)OP(=O)(O)OC(C)(C)C. The molecule has 2 N–H and O–H groups in total. The van der Waals surface area contributed by atoms with E-state index in [4.69, 9.17) is 18.3 Å². The Balaban J connectivity index is 4.69.